The van der Waals surface area contributed by atoms with Gasteiger partial charge in [0.25, 0.3) is 0 Å². The fourth-order valence-electron chi connectivity index (χ4n) is 3.00. The Kier molecular flexibility index (Phi) is 6.26. The first-order chi connectivity index (χ1) is 13.2. The van der Waals surface area contributed by atoms with Crippen LogP contribution in [-0.2, 0) is 11.3 Å². The van der Waals surface area contributed by atoms with Gasteiger partial charge in [-0.1, -0.05) is 60.6 Å². The zero-order chi connectivity index (χ0) is 19.1. The first-order valence-electron chi connectivity index (χ1n) is 9.23. The fourth-order valence-corrected chi connectivity index (χ4v) is 3.00. The van der Waals surface area contributed by atoms with Crippen LogP contribution >= 0.6 is 0 Å². The Labute approximate surface area is 160 Å². The summed E-state index contributed by atoms with van der Waals surface area (Å²) in [7, 11) is 0. The van der Waals surface area contributed by atoms with Gasteiger partial charge >= 0.3 is 6.03 Å². The van der Waals surface area contributed by atoms with E-state index in [0.717, 1.165) is 23.4 Å². The highest BCUT2D eigenvalue weighted by Crippen LogP contribution is 2.18. The molecule has 2 amide bonds. The van der Waals surface area contributed by atoms with Crippen LogP contribution in [0.4, 0.5) is 10.5 Å². The van der Waals surface area contributed by atoms with Crippen molar-refractivity contribution in [3.05, 3.63) is 78.4 Å². The first-order valence-corrected chi connectivity index (χ1v) is 9.23. The molecular formula is C22H25N3O2. The molecule has 0 spiro atoms. The van der Waals surface area contributed by atoms with Crippen molar-refractivity contribution >= 4 is 17.4 Å². The maximum absolute atomic E-state index is 12.7. The molecule has 1 heterocycles. The zero-order valence-corrected chi connectivity index (χ0v) is 15.6. The number of hydrogen-bond donors (Lipinski definition) is 1. The predicted molar refractivity (Wildman–Crippen MR) is 109 cm³/mol. The highest BCUT2D eigenvalue weighted by Gasteiger charge is 2.26. The van der Waals surface area contributed by atoms with E-state index in [9.17, 15) is 4.79 Å². The Bertz CT molecular complexity index is 800. The maximum Gasteiger partial charge on any atom is 0.322 e. The second-order valence-corrected chi connectivity index (χ2v) is 6.51. The molecule has 1 aliphatic heterocycles. The third-order valence-electron chi connectivity index (χ3n) is 4.51. The topological polar surface area (TPSA) is 53.9 Å². The largest absolute Gasteiger partial charge is 0.390 e. The van der Waals surface area contributed by atoms with Gasteiger partial charge in [0.05, 0.1) is 12.3 Å². The lowest BCUT2D eigenvalue weighted by Gasteiger charge is -2.24. The van der Waals surface area contributed by atoms with E-state index in [1.807, 2.05) is 54.6 Å². The number of aryl methyl sites for hydroxylation is 1. The Morgan fingerprint density at radius 3 is 2.67 bits per heavy atom. The first kappa shape index (κ1) is 18.7. The molecule has 0 saturated carbocycles. The molecule has 1 atom stereocenters. The summed E-state index contributed by atoms with van der Waals surface area (Å²) in [4.78, 5) is 19.9. The summed E-state index contributed by atoms with van der Waals surface area (Å²) in [6.45, 7) is 6.76. The predicted octanol–water partition coefficient (Wildman–Crippen LogP) is 4.46. The number of anilines is 1. The van der Waals surface area contributed by atoms with E-state index in [2.05, 4.69) is 24.0 Å². The molecule has 0 aliphatic carbocycles. The fraction of sp³-hybridized carbons (Fsp3) is 0.273. The summed E-state index contributed by atoms with van der Waals surface area (Å²) < 4.78 is 0. The molecule has 0 fully saturated rings. The van der Waals surface area contributed by atoms with Crippen LogP contribution in [0.3, 0.4) is 0 Å². The van der Waals surface area contributed by atoms with E-state index in [-0.39, 0.29) is 12.1 Å². The van der Waals surface area contributed by atoms with Crippen molar-refractivity contribution in [1.29, 1.82) is 0 Å². The standard InChI is InChI=1S/C22H25N3O2/c1-3-14-25(22(26)23-19-12-10-17(4-2)11-13-19)16-20-15-21(24-27-20)18-8-6-5-7-9-18/h3,5-13,20H,1,4,14-16H2,2H3,(H,23,26)/t20-/m0/s1. The van der Waals surface area contributed by atoms with Crippen molar-refractivity contribution in [2.45, 2.75) is 25.9 Å². The highest BCUT2D eigenvalue weighted by molar-refractivity contribution is 6.01. The van der Waals surface area contributed by atoms with Gasteiger partial charge in [0.15, 0.2) is 6.10 Å². The third-order valence-corrected chi connectivity index (χ3v) is 4.51. The van der Waals surface area contributed by atoms with Crippen LogP contribution in [0.5, 0.6) is 0 Å². The Balaban J connectivity index is 1.58. The van der Waals surface area contributed by atoms with Gasteiger partial charge in [0.1, 0.15) is 0 Å². The summed E-state index contributed by atoms with van der Waals surface area (Å²) in [6.07, 6.45) is 3.21. The van der Waals surface area contributed by atoms with Gasteiger partial charge in [-0.15, -0.1) is 6.58 Å². The number of carbonyl (C=O) groups excluding carboxylic acids is 1. The molecule has 1 N–H and O–H groups in total. The van der Waals surface area contributed by atoms with Crippen molar-refractivity contribution in [2.24, 2.45) is 5.16 Å². The molecule has 0 saturated heterocycles. The summed E-state index contributed by atoms with van der Waals surface area (Å²) in [5.41, 5.74) is 3.98. The summed E-state index contributed by atoms with van der Waals surface area (Å²) in [5, 5.41) is 7.14. The van der Waals surface area contributed by atoms with Crippen LogP contribution in [0.15, 0.2) is 72.4 Å². The van der Waals surface area contributed by atoms with Crippen molar-refractivity contribution in [2.75, 3.05) is 18.4 Å². The molecule has 3 rings (SSSR count). The lowest BCUT2D eigenvalue weighted by molar-refractivity contribution is 0.0645. The minimum atomic E-state index is -0.170. The third kappa shape index (κ3) is 4.97. The number of hydrogen-bond acceptors (Lipinski definition) is 3. The molecule has 0 unspecified atom stereocenters. The molecule has 5 heteroatoms. The molecule has 27 heavy (non-hydrogen) atoms. The van der Waals surface area contributed by atoms with Crippen molar-refractivity contribution in [1.82, 2.24) is 4.90 Å². The molecule has 0 bridgehead atoms. The maximum atomic E-state index is 12.7. The summed E-state index contributed by atoms with van der Waals surface area (Å²) in [5.74, 6) is 0. The van der Waals surface area contributed by atoms with Crippen LogP contribution in [0.2, 0.25) is 0 Å². The normalized spacial score (nSPS) is 15.6. The molecule has 2 aromatic rings. The average Bonchev–Trinajstić information content (AvgIpc) is 3.17. The van der Waals surface area contributed by atoms with Gasteiger partial charge in [-0.05, 0) is 29.7 Å². The van der Waals surface area contributed by atoms with Crippen molar-refractivity contribution in [3.63, 3.8) is 0 Å². The SMILES string of the molecule is C=CCN(C[C@@H]1CC(c2ccccc2)=NO1)C(=O)Nc1ccc(CC)cc1. The van der Waals surface area contributed by atoms with Crippen LogP contribution < -0.4 is 5.32 Å². The van der Waals surface area contributed by atoms with Gasteiger partial charge in [0.2, 0.25) is 0 Å². The van der Waals surface area contributed by atoms with E-state index in [0.29, 0.717) is 19.5 Å². The number of oxime groups is 1. The zero-order valence-electron chi connectivity index (χ0n) is 15.6. The number of nitrogens with zero attached hydrogens (tertiary/aromatic N) is 2. The monoisotopic (exact) mass is 363 g/mol. The van der Waals surface area contributed by atoms with Crippen molar-refractivity contribution < 1.29 is 9.63 Å². The number of benzene rings is 2. The van der Waals surface area contributed by atoms with Gasteiger partial charge in [-0.3, -0.25) is 0 Å². The minimum absolute atomic E-state index is 0.159. The van der Waals surface area contributed by atoms with Crippen LogP contribution in [0, 0.1) is 0 Å². The molecular weight excluding hydrogens is 338 g/mol. The quantitative estimate of drug-likeness (QED) is 0.738. The van der Waals surface area contributed by atoms with Crippen molar-refractivity contribution in [3.8, 4) is 0 Å². The molecule has 1 aliphatic rings. The Hall–Kier alpha value is -3.08. The molecule has 0 radical (unpaired) electrons. The van der Waals surface area contributed by atoms with Gasteiger partial charge < -0.3 is 15.1 Å². The molecule has 0 aromatic heterocycles. The Morgan fingerprint density at radius 2 is 2.00 bits per heavy atom. The molecule has 2 aromatic carbocycles. The minimum Gasteiger partial charge on any atom is -0.390 e. The Morgan fingerprint density at radius 1 is 1.26 bits per heavy atom. The van der Waals surface area contributed by atoms with E-state index in [1.165, 1.54) is 5.56 Å². The van der Waals surface area contributed by atoms with Crippen LogP contribution in [0.25, 0.3) is 0 Å². The van der Waals surface area contributed by atoms with E-state index < -0.39 is 0 Å². The van der Waals surface area contributed by atoms with E-state index >= 15 is 0 Å². The second-order valence-electron chi connectivity index (χ2n) is 6.51. The van der Waals surface area contributed by atoms with E-state index in [1.54, 1.807) is 11.0 Å². The number of nitrogens with one attached hydrogen (secondary N) is 1. The lowest BCUT2D eigenvalue weighted by Crippen LogP contribution is -2.40. The number of carbonyl (C=O) groups is 1. The molecule has 5 nitrogen and oxygen atoms in total. The average molecular weight is 363 g/mol. The van der Waals surface area contributed by atoms with Gasteiger partial charge in [0, 0.05) is 18.7 Å². The lowest BCUT2D eigenvalue weighted by atomic mass is 10.1. The number of amides is 2. The van der Waals surface area contributed by atoms with Crippen LogP contribution in [-0.4, -0.2) is 35.8 Å². The summed E-state index contributed by atoms with van der Waals surface area (Å²) in [6, 6.07) is 17.7. The highest BCUT2D eigenvalue weighted by atomic mass is 16.6. The van der Waals surface area contributed by atoms with E-state index in [4.69, 9.17) is 4.84 Å². The van der Waals surface area contributed by atoms with Gasteiger partial charge in [-0.2, -0.15) is 0 Å². The molecule has 140 valence electrons. The van der Waals surface area contributed by atoms with Crippen LogP contribution in [0.1, 0.15) is 24.5 Å². The second kappa shape index (κ2) is 9.03. The summed E-state index contributed by atoms with van der Waals surface area (Å²) >= 11 is 0. The smallest absolute Gasteiger partial charge is 0.322 e. The van der Waals surface area contributed by atoms with Gasteiger partial charge in [-0.25, -0.2) is 4.79 Å². The number of rotatable bonds is 7. The number of urea groups is 1.